The van der Waals surface area contributed by atoms with Crippen LogP contribution in [0.2, 0.25) is 0 Å². The van der Waals surface area contributed by atoms with Crippen LogP contribution in [-0.4, -0.2) is 23.6 Å². The third-order valence-electron chi connectivity index (χ3n) is 3.05. The third-order valence-corrected chi connectivity index (χ3v) is 3.05. The number of benzene rings is 1. The molecule has 2 rings (SSSR count). The van der Waals surface area contributed by atoms with Gasteiger partial charge in [0.2, 0.25) is 0 Å². The minimum absolute atomic E-state index is 0.197. The molecule has 19 heavy (non-hydrogen) atoms. The van der Waals surface area contributed by atoms with Gasteiger partial charge in [0.1, 0.15) is 12.1 Å². The number of rotatable bonds is 6. The Balaban J connectivity index is 2.21. The molecule has 2 aromatic rings. The smallest absolute Gasteiger partial charge is 0.122 e. The lowest BCUT2D eigenvalue weighted by molar-refractivity contribution is 0.405. The van der Waals surface area contributed by atoms with Crippen molar-refractivity contribution in [2.45, 2.75) is 19.4 Å². The van der Waals surface area contributed by atoms with Crippen molar-refractivity contribution in [3.05, 3.63) is 54.1 Å². The molecule has 0 amide bonds. The molecule has 4 nitrogen and oxygen atoms in total. The van der Waals surface area contributed by atoms with Gasteiger partial charge in [-0.2, -0.15) is 0 Å². The van der Waals surface area contributed by atoms with Gasteiger partial charge in [-0.1, -0.05) is 25.1 Å². The van der Waals surface area contributed by atoms with Crippen LogP contribution in [0.25, 0.3) is 0 Å². The number of likely N-dealkylation sites (N-methyl/N-ethyl adjacent to an activating group) is 1. The van der Waals surface area contributed by atoms with Crippen LogP contribution >= 0.6 is 0 Å². The van der Waals surface area contributed by atoms with E-state index in [-0.39, 0.29) is 6.04 Å². The number of hydrogen-bond acceptors (Lipinski definition) is 4. The molecule has 0 aliphatic rings. The molecule has 0 saturated carbocycles. The quantitative estimate of drug-likeness (QED) is 0.863. The fraction of sp³-hybridized carbons (Fsp3) is 0.333. The molecule has 0 bridgehead atoms. The SMILES string of the molecule is CCNC(Cc1ccccc1OC)c1cncnc1. The van der Waals surface area contributed by atoms with Gasteiger partial charge in [0.25, 0.3) is 0 Å². The summed E-state index contributed by atoms with van der Waals surface area (Å²) in [5.41, 5.74) is 2.27. The molecular formula is C15H19N3O. The Kier molecular flexibility index (Phi) is 4.86. The maximum absolute atomic E-state index is 5.40. The van der Waals surface area contributed by atoms with Gasteiger partial charge in [-0.05, 0) is 24.6 Å². The highest BCUT2D eigenvalue weighted by atomic mass is 16.5. The summed E-state index contributed by atoms with van der Waals surface area (Å²) in [6.07, 6.45) is 6.12. The first-order valence-electron chi connectivity index (χ1n) is 6.45. The average Bonchev–Trinajstić information content (AvgIpc) is 2.48. The third kappa shape index (κ3) is 3.51. The Hall–Kier alpha value is -1.94. The molecule has 100 valence electrons. The second kappa shape index (κ2) is 6.85. The van der Waals surface area contributed by atoms with Crippen molar-refractivity contribution in [2.24, 2.45) is 0 Å². The molecule has 0 aliphatic carbocycles. The van der Waals surface area contributed by atoms with Gasteiger partial charge >= 0.3 is 0 Å². The largest absolute Gasteiger partial charge is 0.496 e. The van der Waals surface area contributed by atoms with E-state index in [9.17, 15) is 0 Å². The van der Waals surface area contributed by atoms with Gasteiger partial charge in [0.05, 0.1) is 7.11 Å². The summed E-state index contributed by atoms with van der Waals surface area (Å²) in [4.78, 5) is 8.18. The molecule has 0 fully saturated rings. The fourth-order valence-corrected chi connectivity index (χ4v) is 2.14. The summed E-state index contributed by atoms with van der Waals surface area (Å²) in [5.74, 6) is 0.919. The molecule has 0 saturated heterocycles. The number of hydrogen-bond donors (Lipinski definition) is 1. The summed E-state index contributed by atoms with van der Waals surface area (Å²) < 4.78 is 5.40. The van der Waals surface area contributed by atoms with E-state index < -0.39 is 0 Å². The van der Waals surface area contributed by atoms with Crippen molar-refractivity contribution in [3.8, 4) is 5.75 Å². The van der Waals surface area contributed by atoms with Crippen molar-refractivity contribution in [3.63, 3.8) is 0 Å². The predicted molar refractivity (Wildman–Crippen MR) is 75.1 cm³/mol. The summed E-state index contributed by atoms with van der Waals surface area (Å²) in [5, 5.41) is 3.46. The summed E-state index contributed by atoms with van der Waals surface area (Å²) in [7, 11) is 1.70. The summed E-state index contributed by atoms with van der Waals surface area (Å²) in [6.45, 7) is 2.99. The lowest BCUT2D eigenvalue weighted by atomic mass is 10.0. The first kappa shape index (κ1) is 13.5. The van der Waals surface area contributed by atoms with Crippen LogP contribution in [0.15, 0.2) is 43.0 Å². The van der Waals surface area contributed by atoms with E-state index in [1.54, 1.807) is 13.4 Å². The molecule has 1 N–H and O–H groups in total. The Labute approximate surface area is 113 Å². The van der Waals surface area contributed by atoms with Gasteiger partial charge < -0.3 is 10.1 Å². The molecule has 1 heterocycles. The van der Waals surface area contributed by atoms with Crippen LogP contribution in [0.4, 0.5) is 0 Å². The lowest BCUT2D eigenvalue weighted by Gasteiger charge is -2.19. The fourth-order valence-electron chi connectivity index (χ4n) is 2.14. The first-order valence-corrected chi connectivity index (χ1v) is 6.45. The van der Waals surface area contributed by atoms with Crippen molar-refractivity contribution in [1.82, 2.24) is 15.3 Å². The average molecular weight is 257 g/mol. The Morgan fingerprint density at radius 2 is 1.95 bits per heavy atom. The highest BCUT2D eigenvalue weighted by Gasteiger charge is 2.14. The second-order valence-electron chi connectivity index (χ2n) is 4.30. The van der Waals surface area contributed by atoms with E-state index in [1.165, 1.54) is 5.56 Å². The van der Waals surface area contributed by atoms with E-state index >= 15 is 0 Å². The summed E-state index contributed by atoms with van der Waals surface area (Å²) in [6, 6.07) is 8.29. The number of ether oxygens (including phenoxy) is 1. The van der Waals surface area contributed by atoms with Gasteiger partial charge in [-0.3, -0.25) is 0 Å². The monoisotopic (exact) mass is 257 g/mol. The molecule has 1 aromatic carbocycles. The van der Waals surface area contributed by atoms with Crippen LogP contribution in [0, 0.1) is 0 Å². The van der Waals surface area contributed by atoms with Crippen LogP contribution in [-0.2, 0) is 6.42 Å². The van der Waals surface area contributed by atoms with Gasteiger partial charge in [-0.15, -0.1) is 0 Å². The topological polar surface area (TPSA) is 47.0 Å². The molecule has 1 aromatic heterocycles. The maximum Gasteiger partial charge on any atom is 0.122 e. The van der Waals surface area contributed by atoms with Crippen molar-refractivity contribution in [1.29, 1.82) is 0 Å². The highest BCUT2D eigenvalue weighted by molar-refractivity contribution is 5.34. The number of aromatic nitrogens is 2. The Morgan fingerprint density at radius 1 is 1.21 bits per heavy atom. The highest BCUT2D eigenvalue weighted by Crippen LogP contribution is 2.24. The lowest BCUT2D eigenvalue weighted by Crippen LogP contribution is -2.23. The Morgan fingerprint density at radius 3 is 2.63 bits per heavy atom. The van der Waals surface area contributed by atoms with E-state index in [4.69, 9.17) is 4.74 Å². The minimum atomic E-state index is 0.197. The number of nitrogens with one attached hydrogen (secondary N) is 1. The van der Waals surface area contributed by atoms with Gasteiger partial charge in [0.15, 0.2) is 0 Å². The standard InChI is InChI=1S/C15H19N3O/c1-3-18-14(13-9-16-11-17-10-13)8-12-6-4-5-7-15(12)19-2/h4-7,9-11,14,18H,3,8H2,1-2H3. The summed E-state index contributed by atoms with van der Waals surface area (Å²) >= 11 is 0. The van der Waals surface area contributed by atoms with Crippen molar-refractivity contribution >= 4 is 0 Å². The number of para-hydroxylation sites is 1. The maximum atomic E-state index is 5.40. The molecule has 0 spiro atoms. The predicted octanol–water partition coefficient (Wildman–Crippen LogP) is 2.38. The first-order chi connectivity index (χ1) is 9.35. The van der Waals surface area contributed by atoms with E-state index in [0.717, 1.165) is 24.3 Å². The van der Waals surface area contributed by atoms with Crippen LogP contribution in [0.5, 0.6) is 5.75 Å². The van der Waals surface area contributed by atoms with E-state index in [1.807, 2.05) is 30.6 Å². The molecule has 0 aliphatic heterocycles. The van der Waals surface area contributed by atoms with Crippen LogP contribution in [0.1, 0.15) is 24.1 Å². The number of nitrogens with zero attached hydrogens (tertiary/aromatic N) is 2. The minimum Gasteiger partial charge on any atom is -0.496 e. The van der Waals surface area contributed by atoms with Crippen LogP contribution in [0.3, 0.4) is 0 Å². The zero-order valence-electron chi connectivity index (χ0n) is 11.3. The Bertz CT molecular complexity index is 502. The van der Waals surface area contributed by atoms with Gasteiger partial charge in [-0.25, -0.2) is 9.97 Å². The number of methoxy groups -OCH3 is 1. The van der Waals surface area contributed by atoms with Crippen molar-refractivity contribution < 1.29 is 4.74 Å². The van der Waals surface area contributed by atoms with Crippen molar-refractivity contribution in [2.75, 3.05) is 13.7 Å². The second-order valence-corrected chi connectivity index (χ2v) is 4.30. The molecule has 1 atom stereocenters. The van der Waals surface area contributed by atoms with E-state index in [0.29, 0.717) is 0 Å². The van der Waals surface area contributed by atoms with Gasteiger partial charge in [0, 0.05) is 24.0 Å². The van der Waals surface area contributed by atoms with E-state index in [2.05, 4.69) is 28.3 Å². The van der Waals surface area contributed by atoms with Crippen LogP contribution < -0.4 is 10.1 Å². The molecular weight excluding hydrogens is 238 g/mol. The molecule has 1 unspecified atom stereocenters. The zero-order chi connectivity index (χ0) is 13.5. The zero-order valence-corrected chi connectivity index (χ0v) is 11.3. The molecule has 4 heteroatoms. The normalized spacial score (nSPS) is 12.1. The molecule has 0 radical (unpaired) electrons.